The van der Waals surface area contributed by atoms with Crippen LogP contribution in [0.1, 0.15) is 48.2 Å². The molecular weight excluding hydrogens is 350 g/mol. The summed E-state index contributed by atoms with van der Waals surface area (Å²) >= 11 is 0. The predicted molar refractivity (Wildman–Crippen MR) is 112 cm³/mol. The zero-order valence-electron chi connectivity index (χ0n) is 16.5. The number of benzene rings is 2. The Hall–Kier alpha value is -3.14. The van der Waals surface area contributed by atoms with Crippen LogP contribution in [0.3, 0.4) is 0 Å². The number of nitrogens with zero attached hydrogens (tertiary/aromatic N) is 1. The van der Waals surface area contributed by atoms with E-state index in [1.807, 2.05) is 18.2 Å². The van der Waals surface area contributed by atoms with Gasteiger partial charge in [0.15, 0.2) is 0 Å². The SMILES string of the molecule is CCOC(=O)c1cccn(Cc2ccccc2-c2ccc(C(C)C)cc2)c1=O. The lowest BCUT2D eigenvalue weighted by Crippen LogP contribution is -2.27. The Bertz CT molecular complexity index is 1020. The predicted octanol–water partition coefficient (Wildman–Crippen LogP) is 4.86. The fourth-order valence-electron chi connectivity index (χ4n) is 3.20. The molecule has 1 aromatic heterocycles. The van der Waals surface area contributed by atoms with E-state index in [4.69, 9.17) is 4.74 Å². The number of hydrogen-bond donors (Lipinski definition) is 0. The Morgan fingerprint density at radius 3 is 2.39 bits per heavy atom. The van der Waals surface area contributed by atoms with Crippen LogP contribution in [0.5, 0.6) is 0 Å². The topological polar surface area (TPSA) is 48.3 Å². The van der Waals surface area contributed by atoms with Crippen LogP contribution < -0.4 is 5.56 Å². The van der Waals surface area contributed by atoms with Crippen molar-refractivity contribution in [1.29, 1.82) is 0 Å². The minimum Gasteiger partial charge on any atom is -0.462 e. The van der Waals surface area contributed by atoms with Gasteiger partial charge in [-0.05, 0) is 47.2 Å². The standard InChI is InChI=1S/C24H25NO3/c1-4-28-24(27)22-10-7-15-25(23(22)26)16-20-8-5-6-9-21(20)19-13-11-18(12-14-19)17(2)3/h5-15,17H,4,16H2,1-3H3. The van der Waals surface area contributed by atoms with Crippen molar-refractivity contribution in [2.45, 2.75) is 33.2 Å². The summed E-state index contributed by atoms with van der Waals surface area (Å²) in [6.45, 7) is 6.69. The molecule has 0 aliphatic rings. The van der Waals surface area contributed by atoms with Crippen molar-refractivity contribution >= 4 is 5.97 Å². The summed E-state index contributed by atoms with van der Waals surface area (Å²) in [4.78, 5) is 24.7. The highest BCUT2D eigenvalue weighted by Crippen LogP contribution is 2.26. The summed E-state index contributed by atoms with van der Waals surface area (Å²) in [5, 5.41) is 0. The fraction of sp³-hybridized carbons (Fsp3) is 0.250. The van der Waals surface area contributed by atoms with Gasteiger partial charge in [-0.2, -0.15) is 0 Å². The number of esters is 1. The maximum Gasteiger partial charge on any atom is 0.343 e. The minimum absolute atomic E-state index is 0.0584. The molecule has 0 amide bonds. The number of hydrogen-bond acceptors (Lipinski definition) is 3. The van der Waals surface area contributed by atoms with Crippen LogP contribution >= 0.6 is 0 Å². The lowest BCUT2D eigenvalue weighted by atomic mass is 9.96. The summed E-state index contributed by atoms with van der Waals surface area (Å²) in [5.74, 6) is -0.104. The second kappa shape index (κ2) is 8.70. The molecule has 3 aromatic rings. The van der Waals surface area contributed by atoms with Gasteiger partial charge in [0, 0.05) is 6.20 Å². The molecule has 0 atom stereocenters. The average molecular weight is 375 g/mol. The molecule has 0 N–H and O–H groups in total. The molecule has 1 heterocycles. The van der Waals surface area contributed by atoms with E-state index in [1.54, 1.807) is 23.8 Å². The molecule has 4 heteroatoms. The monoisotopic (exact) mass is 375 g/mol. The summed E-state index contributed by atoms with van der Waals surface area (Å²) in [6, 6.07) is 19.7. The maximum atomic E-state index is 12.7. The smallest absolute Gasteiger partial charge is 0.343 e. The molecule has 4 nitrogen and oxygen atoms in total. The van der Waals surface area contributed by atoms with Crippen LogP contribution in [0.4, 0.5) is 0 Å². The molecular formula is C24H25NO3. The van der Waals surface area contributed by atoms with Gasteiger partial charge in [0.2, 0.25) is 0 Å². The summed E-state index contributed by atoms with van der Waals surface area (Å²) < 4.78 is 6.53. The van der Waals surface area contributed by atoms with Crippen LogP contribution in [0.15, 0.2) is 71.7 Å². The second-order valence-electron chi connectivity index (χ2n) is 7.01. The van der Waals surface area contributed by atoms with Crippen LogP contribution in [0.25, 0.3) is 11.1 Å². The molecule has 3 rings (SSSR count). The van der Waals surface area contributed by atoms with Crippen molar-refractivity contribution in [3.63, 3.8) is 0 Å². The highest BCUT2D eigenvalue weighted by atomic mass is 16.5. The van der Waals surface area contributed by atoms with Gasteiger partial charge >= 0.3 is 5.97 Å². The quantitative estimate of drug-likeness (QED) is 0.578. The molecule has 0 saturated heterocycles. The lowest BCUT2D eigenvalue weighted by Gasteiger charge is -2.13. The first-order valence-corrected chi connectivity index (χ1v) is 9.56. The number of pyridine rings is 1. The number of ether oxygens (including phenoxy) is 1. The zero-order chi connectivity index (χ0) is 20.1. The fourth-order valence-corrected chi connectivity index (χ4v) is 3.20. The summed E-state index contributed by atoms with van der Waals surface area (Å²) in [5.41, 5.74) is 4.21. The van der Waals surface area contributed by atoms with E-state index in [0.717, 1.165) is 16.7 Å². The first-order chi connectivity index (χ1) is 13.5. The lowest BCUT2D eigenvalue weighted by molar-refractivity contribution is 0.0523. The first kappa shape index (κ1) is 19.6. The molecule has 0 aliphatic heterocycles. The van der Waals surface area contributed by atoms with E-state index in [0.29, 0.717) is 12.5 Å². The number of carbonyl (C=O) groups is 1. The van der Waals surface area contributed by atoms with Crippen molar-refractivity contribution in [2.24, 2.45) is 0 Å². The van der Waals surface area contributed by atoms with E-state index in [-0.39, 0.29) is 17.7 Å². The highest BCUT2D eigenvalue weighted by Gasteiger charge is 2.14. The molecule has 0 bridgehead atoms. The van der Waals surface area contributed by atoms with Crippen LogP contribution in [0, 0.1) is 0 Å². The molecule has 0 spiro atoms. The molecule has 28 heavy (non-hydrogen) atoms. The van der Waals surface area contributed by atoms with Gasteiger partial charge in [0.25, 0.3) is 5.56 Å². The third kappa shape index (κ3) is 4.22. The van der Waals surface area contributed by atoms with E-state index in [1.165, 1.54) is 11.6 Å². The molecule has 0 unspecified atom stereocenters. The molecule has 0 saturated carbocycles. The summed E-state index contributed by atoms with van der Waals surface area (Å²) in [6.07, 6.45) is 1.70. The van der Waals surface area contributed by atoms with Gasteiger partial charge in [-0.15, -0.1) is 0 Å². The molecule has 144 valence electrons. The molecule has 0 fully saturated rings. The van der Waals surface area contributed by atoms with E-state index < -0.39 is 5.97 Å². The van der Waals surface area contributed by atoms with Crippen molar-refractivity contribution in [2.75, 3.05) is 6.61 Å². The molecule has 2 aromatic carbocycles. The third-order valence-corrected chi connectivity index (χ3v) is 4.76. The molecule has 0 aliphatic carbocycles. The number of rotatable bonds is 6. The number of aromatic nitrogens is 1. The summed E-state index contributed by atoms with van der Waals surface area (Å²) in [7, 11) is 0. The zero-order valence-corrected chi connectivity index (χ0v) is 16.5. The highest BCUT2D eigenvalue weighted by molar-refractivity contribution is 5.88. The molecule has 0 radical (unpaired) electrons. The number of carbonyl (C=O) groups excluding carboxylic acids is 1. The first-order valence-electron chi connectivity index (χ1n) is 9.56. The van der Waals surface area contributed by atoms with Crippen LogP contribution in [-0.4, -0.2) is 17.1 Å². The van der Waals surface area contributed by atoms with Crippen molar-refractivity contribution in [3.05, 3.63) is 93.9 Å². The Labute approximate surface area is 165 Å². The average Bonchev–Trinajstić information content (AvgIpc) is 2.70. The second-order valence-corrected chi connectivity index (χ2v) is 7.01. The normalized spacial score (nSPS) is 10.9. The largest absolute Gasteiger partial charge is 0.462 e. The third-order valence-electron chi connectivity index (χ3n) is 4.76. The van der Waals surface area contributed by atoms with Gasteiger partial charge in [-0.1, -0.05) is 62.4 Å². The van der Waals surface area contributed by atoms with Crippen LogP contribution in [0.2, 0.25) is 0 Å². The van der Waals surface area contributed by atoms with E-state index >= 15 is 0 Å². The van der Waals surface area contributed by atoms with Crippen molar-refractivity contribution < 1.29 is 9.53 Å². The van der Waals surface area contributed by atoms with Crippen molar-refractivity contribution in [3.8, 4) is 11.1 Å². The van der Waals surface area contributed by atoms with Crippen molar-refractivity contribution in [1.82, 2.24) is 4.57 Å². The Balaban J connectivity index is 1.96. The van der Waals surface area contributed by atoms with E-state index in [9.17, 15) is 9.59 Å². The van der Waals surface area contributed by atoms with Gasteiger partial charge in [-0.25, -0.2) is 4.79 Å². The Morgan fingerprint density at radius 2 is 1.71 bits per heavy atom. The van der Waals surface area contributed by atoms with Gasteiger partial charge in [0.05, 0.1) is 13.2 Å². The van der Waals surface area contributed by atoms with Gasteiger partial charge in [-0.3, -0.25) is 4.79 Å². The Morgan fingerprint density at radius 1 is 1.00 bits per heavy atom. The minimum atomic E-state index is -0.584. The van der Waals surface area contributed by atoms with E-state index in [2.05, 4.69) is 44.2 Å². The maximum absolute atomic E-state index is 12.7. The van der Waals surface area contributed by atoms with Gasteiger partial charge in [0.1, 0.15) is 5.56 Å². The van der Waals surface area contributed by atoms with Gasteiger partial charge < -0.3 is 9.30 Å². The van der Waals surface area contributed by atoms with Crippen LogP contribution in [-0.2, 0) is 11.3 Å². The Kier molecular flexibility index (Phi) is 6.09.